The number of halogens is 2. The Kier molecular flexibility index (Phi) is 7.55. The molecular formula is C32H28F2. The van der Waals surface area contributed by atoms with E-state index in [1.165, 1.54) is 36.2 Å². The molecule has 1 atom stereocenters. The molecular weight excluding hydrogens is 422 g/mol. The molecule has 0 fully saturated rings. The summed E-state index contributed by atoms with van der Waals surface area (Å²) in [4.78, 5) is 0. The molecule has 4 aromatic rings. The van der Waals surface area contributed by atoms with Crippen LogP contribution in [0, 0.1) is 29.4 Å². The van der Waals surface area contributed by atoms with Crippen LogP contribution in [0.25, 0.3) is 0 Å². The lowest BCUT2D eigenvalue weighted by Gasteiger charge is -2.19. The quantitative estimate of drug-likeness (QED) is 0.205. The van der Waals surface area contributed by atoms with E-state index in [9.17, 15) is 8.78 Å². The van der Waals surface area contributed by atoms with Gasteiger partial charge in [0.2, 0.25) is 0 Å². The summed E-state index contributed by atoms with van der Waals surface area (Å²) in [6.45, 7) is 4.49. The molecule has 0 nitrogen and oxygen atoms in total. The maximum Gasteiger partial charge on any atom is 0.123 e. The van der Waals surface area contributed by atoms with E-state index in [-0.39, 0.29) is 17.6 Å². The number of benzene rings is 4. The van der Waals surface area contributed by atoms with E-state index < -0.39 is 0 Å². The maximum atomic E-state index is 13.5. The predicted octanol–water partition coefficient (Wildman–Crippen LogP) is 8.13. The number of rotatable bonds is 6. The molecule has 170 valence electrons. The van der Waals surface area contributed by atoms with Gasteiger partial charge in [0.1, 0.15) is 11.6 Å². The van der Waals surface area contributed by atoms with Crippen LogP contribution in [0.2, 0.25) is 0 Å². The van der Waals surface area contributed by atoms with Gasteiger partial charge in [0, 0.05) is 17.0 Å². The molecule has 0 unspecified atom stereocenters. The van der Waals surface area contributed by atoms with Crippen LogP contribution in [0.5, 0.6) is 0 Å². The monoisotopic (exact) mass is 450 g/mol. The van der Waals surface area contributed by atoms with E-state index in [0.717, 1.165) is 34.2 Å². The van der Waals surface area contributed by atoms with Gasteiger partial charge in [0.05, 0.1) is 0 Å². The molecule has 4 rings (SSSR count). The second-order valence-corrected chi connectivity index (χ2v) is 8.82. The summed E-state index contributed by atoms with van der Waals surface area (Å²) in [5.74, 6) is 6.50. The zero-order chi connectivity index (χ0) is 23.9. The van der Waals surface area contributed by atoms with Gasteiger partial charge in [-0.2, -0.15) is 0 Å². The third-order valence-electron chi connectivity index (χ3n) is 6.24. The summed E-state index contributed by atoms with van der Waals surface area (Å²) >= 11 is 0. The van der Waals surface area contributed by atoms with Crippen LogP contribution in [-0.2, 0) is 6.42 Å². The standard InChI is InChI=1S/C32H28F2/c1-3-23(2)22-26-8-6-24(7-9-26)4-5-25-10-12-27(13-11-25)32(28-14-18-30(33)19-15-28)29-16-20-31(34)21-17-29/h6-21,23,32H,3,22H2,1-2H3/t23-/m1/s1. The lowest BCUT2D eigenvalue weighted by atomic mass is 9.85. The van der Waals surface area contributed by atoms with Gasteiger partial charge in [-0.15, -0.1) is 0 Å². The summed E-state index contributed by atoms with van der Waals surface area (Å²) in [6, 6.07) is 29.5. The van der Waals surface area contributed by atoms with Gasteiger partial charge in [0.15, 0.2) is 0 Å². The van der Waals surface area contributed by atoms with Crippen LogP contribution in [0.15, 0.2) is 97.1 Å². The molecule has 34 heavy (non-hydrogen) atoms. The highest BCUT2D eigenvalue weighted by atomic mass is 19.1. The molecule has 2 heteroatoms. The Bertz CT molecular complexity index is 1210. The Labute approximate surface area is 201 Å². The summed E-state index contributed by atoms with van der Waals surface area (Å²) in [5, 5.41) is 0. The van der Waals surface area contributed by atoms with Gasteiger partial charge in [-0.1, -0.05) is 80.6 Å². The summed E-state index contributed by atoms with van der Waals surface area (Å²) < 4.78 is 27.0. The van der Waals surface area contributed by atoms with Crippen molar-refractivity contribution in [2.75, 3.05) is 0 Å². The first-order chi connectivity index (χ1) is 16.5. The zero-order valence-corrected chi connectivity index (χ0v) is 19.6. The first-order valence-electron chi connectivity index (χ1n) is 11.7. The van der Waals surface area contributed by atoms with Gasteiger partial charge in [-0.25, -0.2) is 8.78 Å². The van der Waals surface area contributed by atoms with Gasteiger partial charge in [-0.3, -0.25) is 0 Å². The molecule has 0 saturated carbocycles. The minimum Gasteiger partial charge on any atom is -0.207 e. The molecule has 0 aliphatic carbocycles. The average molecular weight is 451 g/mol. The van der Waals surface area contributed by atoms with E-state index in [1.54, 1.807) is 24.3 Å². The maximum absolute atomic E-state index is 13.5. The first kappa shape index (κ1) is 23.5. The summed E-state index contributed by atoms with van der Waals surface area (Å²) in [5.41, 5.74) is 6.19. The van der Waals surface area contributed by atoms with E-state index in [2.05, 4.69) is 50.0 Å². The van der Waals surface area contributed by atoms with Crippen molar-refractivity contribution >= 4 is 0 Å². The summed E-state index contributed by atoms with van der Waals surface area (Å²) in [7, 11) is 0. The fourth-order valence-electron chi connectivity index (χ4n) is 4.06. The van der Waals surface area contributed by atoms with Gasteiger partial charge in [0.25, 0.3) is 0 Å². The molecule has 0 bridgehead atoms. The molecule has 0 radical (unpaired) electrons. The van der Waals surface area contributed by atoms with Crippen molar-refractivity contribution in [1.82, 2.24) is 0 Å². The van der Waals surface area contributed by atoms with Gasteiger partial charge in [-0.05, 0) is 83.1 Å². The second-order valence-electron chi connectivity index (χ2n) is 8.82. The van der Waals surface area contributed by atoms with Crippen LogP contribution in [0.1, 0.15) is 59.6 Å². The van der Waals surface area contributed by atoms with Crippen LogP contribution in [-0.4, -0.2) is 0 Å². The fraction of sp³-hybridized carbons (Fsp3) is 0.188. The molecule has 0 aromatic heterocycles. The van der Waals surface area contributed by atoms with Crippen molar-refractivity contribution in [2.45, 2.75) is 32.6 Å². The van der Waals surface area contributed by atoms with Crippen molar-refractivity contribution in [2.24, 2.45) is 5.92 Å². The molecule has 0 N–H and O–H groups in total. The lowest BCUT2D eigenvalue weighted by Crippen LogP contribution is -2.03. The molecule has 0 aliphatic heterocycles. The Morgan fingerprint density at radius 1 is 0.588 bits per heavy atom. The molecule has 0 saturated heterocycles. The number of hydrogen-bond donors (Lipinski definition) is 0. The van der Waals surface area contributed by atoms with Crippen molar-refractivity contribution in [1.29, 1.82) is 0 Å². The van der Waals surface area contributed by atoms with Gasteiger partial charge < -0.3 is 0 Å². The second kappa shape index (κ2) is 10.9. The molecule has 0 aliphatic rings. The highest BCUT2D eigenvalue weighted by Gasteiger charge is 2.17. The fourth-order valence-corrected chi connectivity index (χ4v) is 4.06. The minimum atomic E-state index is -0.278. The van der Waals surface area contributed by atoms with E-state index in [4.69, 9.17) is 0 Å². The molecule has 0 spiro atoms. The van der Waals surface area contributed by atoms with Crippen molar-refractivity contribution in [3.63, 3.8) is 0 Å². The van der Waals surface area contributed by atoms with Crippen molar-refractivity contribution in [3.05, 3.63) is 142 Å². The largest absolute Gasteiger partial charge is 0.207 e. The van der Waals surface area contributed by atoms with Crippen molar-refractivity contribution < 1.29 is 8.78 Å². The first-order valence-corrected chi connectivity index (χ1v) is 11.7. The lowest BCUT2D eigenvalue weighted by molar-refractivity contribution is 0.560. The van der Waals surface area contributed by atoms with E-state index >= 15 is 0 Å². The minimum absolute atomic E-state index is 0.124. The van der Waals surface area contributed by atoms with Gasteiger partial charge >= 0.3 is 0 Å². The van der Waals surface area contributed by atoms with Crippen LogP contribution in [0.4, 0.5) is 8.78 Å². The SMILES string of the molecule is CC[C@@H](C)Cc1ccc(C#Cc2ccc(C(c3ccc(F)cc3)c3ccc(F)cc3)cc2)cc1. The highest BCUT2D eigenvalue weighted by molar-refractivity contribution is 5.48. The zero-order valence-electron chi connectivity index (χ0n) is 19.6. The Balaban J connectivity index is 1.56. The van der Waals surface area contributed by atoms with E-state index in [0.29, 0.717) is 5.92 Å². The highest BCUT2D eigenvalue weighted by Crippen LogP contribution is 2.32. The predicted molar refractivity (Wildman–Crippen MR) is 136 cm³/mol. The third-order valence-corrected chi connectivity index (χ3v) is 6.24. The Morgan fingerprint density at radius 3 is 1.38 bits per heavy atom. The Morgan fingerprint density at radius 2 is 0.971 bits per heavy atom. The van der Waals surface area contributed by atoms with E-state index in [1.807, 2.05) is 24.3 Å². The van der Waals surface area contributed by atoms with Crippen LogP contribution in [0.3, 0.4) is 0 Å². The van der Waals surface area contributed by atoms with Crippen LogP contribution < -0.4 is 0 Å². The smallest absolute Gasteiger partial charge is 0.123 e. The average Bonchev–Trinajstić information content (AvgIpc) is 2.87. The Hall–Kier alpha value is -3.70. The van der Waals surface area contributed by atoms with Crippen molar-refractivity contribution in [3.8, 4) is 11.8 Å². The topological polar surface area (TPSA) is 0 Å². The molecule has 0 heterocycles. The normalized spacial score (nSPS) is 11.7. The summed E-state index contributed by atoms with van der Waals surface area (Å²) in [6.07, 6.45) is 2.27. The molecule has 4 aromatic carbocycles. The third kappa shape index (κ3) is 6.00. The number of hydrogen-bond acceptors (Lipinski definition) is 0. The van der Waals surface area contributed by atoms with Crippen LogP contribution >= 0.6 is 0 Å². The molecule has 0 amide bonds.